The SMILES string of the molecule is CN=C(NCCC(=O)NCc1ccccc1)NCc1coc(-c2ccc(C)cc2)n1.I. The van der Waals surface area contributed by atoms with Crippen molar-refractivity contribution in [2.45, 2.75) is 26.4 Å². The molecule has 0 atom stereocenters. The number of aryl methyl sites for hydroxylation is 1. The molecule has 7 nitrogen and oxygen atoms in total. The second-order valence-electron chi connectivity index (χ2n) is 6.87. The van der Waals surface area contributed by atoms with Gasteiger partial charge in [0.25, 0.3) is 0 Å². The summed E-state index contributed by atoms with van der Waals surface area (Å²) in [6.07, 6.45) is 1.99. The van der Waals surface area contributed by atoms with E-state index in [1.165, 1.54) is 5.56 Å². The van der Waals surface area contributed by atoms with Gasteiger partial charge in [0.1, 0.15) is 6.26 Å². The van der Waals surface area contributed by atoms with E-state index < -0.39 is 0 Å². The maximum Gasteiger partial charge on any atom is 0.226 e. The molecule has 3 rings (SSSR count). The van der Waals surface area contributed by atoms with Crippen LogP contribution in [0.2, 0.25) is 0 Å². The third-order valence-corrected chi connectivity index (χ3v) is 4.49. The minimum Gasteiger partial charge on any atom is -0.444 e. The topological polar surface area (TPSA) is 91.5 Å². The van der Waals surface area contributed by atoms with Crippen LogP contribution < -0.4 is 16.0 Å². The summed E-state index contributed by atoms with van der Waals surface area (Å²) >= 11 is 0. The van der Waals surface area contributed by atoms with Gasteiger partial charge in [0.05, 0.1) is 12.2 Å². The molecule has 1 heterocycles. The number of hydrogen-bond acceptors (Lipinski definition) is 4. The molecule has 1 aromatic heterocycles. The summed E-state index contributed by atoms with van der Waals surface area (Å²) in [5.74, 6) is 1.18. The lowest BCUT2D eigenvalue weighted by Gasteiger charge is -2.11. The lowest BCUT2D eigenvalue weighted by molar-refractivity contribution is -0.121. The molecule has 1 amide bonds. The summed E-state index contributed by atoms with van der Waals surface area (Å²) in [6.45, 7) is 3.52. The summed E-state index contributed by atoms with van der Waals surface area (Å²) in [4.78, 5) is 20.7. The Hall–Kier alpha value is -2.88. The second-order valence-corrected chi connectivity index (χ2v) is 6.87. The number of nitrogens with zero attached hydrogens (tertiary/aromatic N) is 2. The zero-order chi connectivity index (χ0) is 21.2. The number of halogens is 1. The number of rotatable bonds is 8. The molecule has 0 spiro atoms. The van der Waals surface area contributed by atoms with E-state index in [4.69, 9.17) is 4.42 Å². The van der Waals surface area contributed by atoms with Crippen molar-refractivity contribution in [2.24, 2.45) is 4.99 Å². The number of aromatic nitrogens is 1. The van der Waals surface area contributed by atoms with E-state index in [2.05, 4.69) is 25.9 Å². The predicted octanol–water partition coefficient (Wildman–Crippen LogP) is 3.64. The molecule has 164 valence electrons. The normalized spacial score (nSPS) is 10.8. The first kappa shape index (κ1) is 24.4. The summed E-state index contributed by atoms with van der Waals surface area (Å²) < 4.78 is 5.57. The molecule has 0 bridgehead atoms. The second kappa shape index (κ2) is 12.7. The summed E-state index contributed by atoms with van der Waals surface area (Å²) in [6, 6.07) is 17.9. The lowest BCUT2D eigenvalue weighted by atomic mass is 10.1. The lowest BCUT2D eigenvalue weighted by Crippen LogP contribution is -2.38. The molecule has 8 heteroatoms. The molecular weight excluding hydrogens is 505 g/mol. The maximum absolute atomic E-state index is 12.0. The van der Waals surface area contributed by atoms with Crippen molar-refractivity contribution >= 4 is 35.8 Å². The van der Waals surface area contributed by atoms with E-state index in [-0.39, 0.29) is 29.9 Å². The van der Waals surface area contributed by atoms with Crippen LogP contribution in [0.5, 0.6) is 0 Å². The molecule has 31 heavy (non-hydrogen) atoms. The van der Waals surface area contributed by atoms with Gasteiger partial charge in [-0.2, -0.15) is 0 Å². The van der Waals surface area contributed by atoms with Gasteiger partial charge in [-0.25, -0.2) is 4.98 Å². The molecule has 0 radical (unpaired) electrons. The van der Waals surface area contributed by atoms with Crippen LogP contribution in [0.1, 0.15) is 23.2 Å². The first-order valence-electron chi connectivity index (χ1n) is 9.90. The number of guanidine groups is 1. The fraction of sp³-hybridized carbons (Fsp3) is 0.261. The molecule has 0 aliphatic carbocycles. The van der Waals surface area contributed by atoms with E-state index in [0.29, 0.717) is 37.9 Å². The Balaban J connectivity index is 0.00000341. The van der Waals surface area contributed by atoms with Crippen molar-refractivity contribution in [1.29, 1.82) is 0 Å². The predicted molar refractivity (Wildman–Crippen MR) is 133 cm³/mol. The quantitative estimate of drug-likeness (QED) is 0.234. The highest BCUT2D eigenvalue weighted by atomic mass is 127. The van der Waals surface area contributed by atoms with Gasteiger partial charge >= 0.3 is 0 Å². The first-order valence-corrected chi connectivity index (χ1v) is 9.90. The van der Waals surface area contributed by atoms with Crippen molar-refractivity contribution in [2.75, 3.05) is 13.6 Å². The summed E-state index contributed by atoms with van der Waals surface area (Å²) in [5, 5.41) is 9.22. The molecule has 0 saturated carbocycles. The number of carbonyl (C=O) groups excluding carboxylic acids is 1. The van der Waals surface area contributed by atoms with Crippen molar-refractivity contribution in [3.8, 4) is 11.5 Å². The minimum atomic E-state index is -0.0129. The largest absolute Gasteiger partial charge is 0.444 e. The number of amides is 1. The van der Waals surface area contributed by atoms with Crippen molar-refractivity contribution in [1.82, 2.24) is 20.9 Å². The fourth-order valence-corrected chi connectivity index (χ4v) is 2.79. The zero-order valence-corrected chi connectivity index (χ0v) is 20.1. The van der Waals surface area contributed by atoms with Gasteiger partial charge in [0.2, 0.25) is 11.8 Å². The highest BCUT2D eigenvalue weighted by Gasteiger charge is 2.08. The summed E-state index contributed by atoms with van der Waals surface area (Å²) in [5.41, 5.74) is 3.98. The van der Waals surface area contributed by atoms with Crippen molar-refractivity contribution in [3.63, 3.8) is 0 Å². The molecule has 0 aliphatic rings. The van der Waals surface area contributed by atoms with Crippen molar-refractivity contribution in [3.05, 3.63) is 77.7 Å². The van der Waals surface area contributed by atoms with E-state index >= 15 is 0 Å². The third-order valence-electron chi connectivity index (χ3n) is 4.49. The van der Waals surface area contributed by atoms with Crippen LogP contribution in [0.25, 0.3) is 11.5 Å². The number of aliphatic imine (C=N–C) groups is 1. The first-order chi connectivity index (χ1) is 14.6. The van der Waals surface area contributed by atoms with Crippen LogP contribution in [0.15, 0.2) is 70.3 Å². The maximum atomic E-state index is 12.0. The molecular formula is C23H28IN5O2. The van der Waals surface area contributed by atoms with Gasteiger partial charge < -0.3 is 20.4 Å². The minimum absolute atomic E-state index is 0. The molecule has 0 unspecified atom stereocenters. The third kappa shape index (κ3) is 8.05. The molecule has 3 aromatic rings. The van der Waals surface area contributed by atoms with E-state index in [1.54, 1.807) is 13.3 Å². The Morgan fingerprint density at radius 1 is 1.00 bits per heavy atom. The highest BCUT2D eigenvalue weighted by Crippen LogP contribution is 2.18. The highest BCUT2D eigenvalue weighted by molar-refractivity contribution is 14.0. The van der Waals surface area contributed by atoms with E-state index in [0.717, 1.165) is 16.8 Å². The average Bonchev–Trinajstić information content (AvgIpc) is 3.25. The van der Waals surface area contributed by atoms with Gasteiger partial charge in [-0.15, -0.1) is 24.0 Å². The number of hydrogen-bond donors (Lipinski definition) is 3. The van der Waals surface area contributed by atoms with Crippen LogP contribution in [0, 0.1) is 6.92 Å². The van der Waals surface area contributed by atoms with E-state index in [1.807, 2.05) is 61.5 Å². The van der Waals surface area contributed by atoms with Crippen LogP contribution in [-0.2, 0) is 17.9 Å². The number of carbonyl (C=O) groups is 1. The molecule has 0 aliphatic heterocycles. The summed E-state index contributed by atoms with van der Waals surface area (Å²) in [7, 11) is 1.69. The Morgan fingerprint density at radius 3 is 2.45 bits per heavy atom. The molecule has 3 N–H and O–H groups in total. The van der Waals surface area contributed by atoms with Crippen LogP contribution in [0.4, 0.5) is 0 Å². The number of nitrogens with one attached hydrogen (secondary N) is 3. The van der Waals surface area contributed by atoms with Gasteiger partial charge in [0, 0.05) is 32.1 Å². The fourth-order valence-electron chi connectivity index (χ4n) is 2.79. The van der Waals surface area contributed by atoms with Crippen LogP contribution >= 0.6 is 24.0 Å². The van der Waals surface area contributed by atoms with Gasteiger partial charge in [-0.3, -0.25) is 9.79 Å². The molecule has 2 aromatic carbocycles. The molecule has 0 fully saturated rings. The zero-order valence-electron chi connectivity index (χ0n) is 17.7. The Morgan fingerprint density at radius 2 is 1.74 bits per heavy atom. The Bertz CT molecular complexity index is 971. The standard InChI is InChI=1S/C23H27N5O2.HI/c1-17-8-10-19(11-9-17)22-28-20(16-30-22)15-27-23(24-2)25-13-12-21(29)26-14-18-6-4-3-5-7-18;/h3-11,16H,12-15H2,1-2H3,(H,26,29)(H2,24,25,27);1H. The Labute approximate surface area is 199 Å². The molecule has 0 saturated heterocycles. The number of oxazole rings is 1. The van der Waals surface area contributed by atoms with Gasteiger partial charge in [-0.05, 0) is 24.6 Å². The average molecular weight is 533 g/mol. The van der Waals surface area contributed by atoms with Gasteiger partial charge in [-0.1, -0.05) is 48.0 Å². The van der Waals surface area contributed by atoms with E-state index in [9.17, 15) is 4.79 Å². The van der Waals surface area contributed by atoms with Crippen LogP contribution in [0.3, 0.4) is 0 Å². The Kier molecular flexibility index (Phi) is 10.0. The number of benzene rings is 2. The van der Waals surface area contributed by atoms with Crippen molar-refractivity contribution < 1.29 is 9.21 Å². The monoisotopic (exact) mass is 533 g/mol. The van der Waals surface area contributed by atoms with Crippen LogP contribution in [-0.4, -0.2) is 30.4 Å². The smallest absolute Gasteiger partial charge is 0.226 e. The van der Waals surface area contributed by atoms with Gasteiger partial charge in [0.15, 0.2) is 5.96 Å².